The van der Waals surface area contributed by atoms with Crippen LogP contribution < -0.4 is 4.74 Å². The van der Waals surface area contributed by atoms with Crippen LogP contribution in [0.15, 0.2) is 48.5 Å². The summed E-state index contributed by atoms with van der Waals surface area (Å²) in [4.78, 5) is 21.8. The van der Waals surface area contributed by atoms with E-state index in [1.54, 1.807) is 24.3 Å². The van der Waals surface area contributed by atoms with Gasteiger partial charge in [-0.15, -0.1) is 0 Å². The Bertz CT molecular complexity index is 689. The maximum atomic E-state index is 11.1. The molecule has 3 nitrogen and oxygen atoms in total. The van der Waals surface area contributed by atoms with Crippen LogP contribution in [0.1, 0.15) is 35.3 Å². The second-order valence-corrected chi connectivity index (χ2v) is 5.99. The van der Waals surface area contributed by atoms with E-state index in [2.05, 4.69) is 13.8 Å². The van der Waals surface area contributed by atoms with Crippen LogP contribution >= 0.6 is 23.2 Å². The summed E-state index contributed by atoms with van der Waals surface area (Å²) in [5.74, 6) is 0.391. The third-order valence-electron chi connectivity index (χ3n) is 3.61. The molecule has 2 aromatic carbocycles. The van der Waals surface area contributed by atoms with E-state index in [9.17, 15) is 9.59 Å². The molecule has 0 bridgehead atoms. The average molecular weight is 337 g/mol. The fourth-order valence-electron chi connectivity index (χ4n) is 2.22. The Hall–Kier alpha value is -1.84. The molecular weight excluding hydrogens is 323 g/mol. The quantitative estimate of drug-likeness (QED) is 0.727. The van der Waals surface area contributed by atoms with Crippen LogP contribution in [0.4, 0.5) is 4.79 Å². The minimum atomic E-state index is -0.867. The highest BCUT2D eigenvalue weighted by Crippen LogP contribution is 2.32. The molecule has 0 N–H and O–H groups in total. The normalized spacial score (nSPS) is 11.1. The molecule has 0 spiro atoms. The number of hydrogen-bond donors (Lipinski definition) is 0. The highest BCUT2D eigenvalue weighted by atomic mass is 35.5. The van der Waals surface area contributed by atoms with Gasteiger partial charge in [0.1, 0.15) is 5.75 Å². The van der Waals surface area contributed by atoms with Crippen molar-refractivity contribution in [3.8, 4) is 5.75 Å². The van der Waals surface area contributed by atoms with Crippen LogP contribution in [-0.4, -0.2) is 10.7 Å². The first-order chi connectivity index (χ1) is 10.3. The number of carbonyl (C=O) groups is 2. The van der Waals surface area contributed by atoms with E-state index in [1.807, 2.05) is 24.3 Å². The molecule has 2 aromatic rings. The average Bonchev–Trinajstić information content (AvgIpc) is 2.47. The van der Waals surface area contributed by atoms with Gasteiger partial charge >= 0.3 is 5.43 Å². The van der Waals surface area contributed by atoms with Crippen LogP contribution in [0.25, 0.3) is 0 Å². The van der Waals surface area contributed by atoms with Gasteiger partial charge in [-0.1, -0.05) is 38.1 Å². The summed E-state index contributed by atoms with van der Waals surface area (Å²) in [5, 5.41) is -0.475. The number of halogens is 2. The van der Waals surface area contributed by atoms with E-state index < -0.39 is 10.7 Å². The Labute approximate surface area is 138 Å². The maximum Gasteiger partial charge on any atom is 0.409 e. The molecule has 0 amide bonds. The molecule has 0 atom stereocenters. The van der Waals surface area contributed by atoms with Crippen molar-refractivity contribution in [1.82, 2.24) is 0 Å². The molecular formula is C17H14Cl2O3. The number of rotatable bonds is 4. The monoisotopic (exact) mass is 336 g/mol. The second-order valence-electron chi connectivity index (χ2n) is 5.34. The molecule has 0 unspecified atom stereocenters. The molecule has 0 saturated carbocycles. The molecule has 0 fully saturated rings. The van der Waals surface area contributed by atoms with Gasteiger partial charge in [0.25, 0.3) is 5.24 Å². The van der Waals surface area contributed by atoms with E-state index in [4.69, 9.17) is 27.9 Å². The molecule has 0 saturated heterocycles. The van der Waals surface area contributed by atoms with Gasteiger partial charge in [-0.05, 0) is 47.0 Å². The van der Waals surface area contributed by atoms with Gasteiger partial charge < -0.3 is 4.74 Å². The lowest BCUT2D eigenvalue weighted by Crippen LogP contribution is -2.18. The molecule has 0 aliphatic heterocycles. The predicted molar refractivity (Wildman–Crippen MR) is 87.1 cm³/mol. The summed E-state index contributed by atoms with van der Waals surface area (Å²) in [6, 6.07) is 14.3. The van der Waals surface area contributed by atoms with Crippen LogP contribution in [0.3, 0.4) is 0 Å². The predicted octanol–water partition coefficient (Wildman–Crippen LogP) is 5.13. The minimum absolute atomic E-state index is 0.280. The Morgan fingerprint density at radius 1 is 0.864 bits per heavy atom. The summed E-state index contributed by atoms with van der Waals surface area (Å²) in [7, 11) is 0. The molecule has 0 radical (unpaired) electrons. The Morgan fingerprint density at radius 3 is 1.73 bits per heavy atom. The number of ether oxygens (including phenoxy) is 1. The first-order valence-corrected chi connectivity index (χ1v) is 7.34. The van der Waals surface area contributed by atoms with Gasteiger partial charge in [0.2, 0.25) is 0 Å². The van der Waals surface area contributed by atoms with Crippen molar-refractivity contribution in [2.24, 2.45) is 0 Å². The molecule has 2 rings (SSSR count). The van der Waals surface area contributed by atoms with Crippen molar-refractivity contribution in [2.75, 3.05) is 0 Å². The molecule has 0 aliphatic rings. The highest BCUT2D eigenvalue weighted by Gasteiger charge is 2.23. The van der Waals surface area contributed by atoms with Crippen molar-refractivity contribution in [3.63, 3.8) is 0 Å². The third-order valence-corrected chi connectivity index (χ3v) is 3.90. The standard InChI is InChI=1S/C17H14Cl2O3/c1-17(2,12-5-3-11(4-6-12)15(18)20)13-7-9-14(10-8-13)22-16(19)21/h3-10H,1-2H3. The Balaban J connectivity index is 2.28. The largest absolute Gasteiger partial charge is 0.415 e. The van der Waals surface area contributed by atoms with Crippen molar-refractivity contribution in [1.29, 1.82) is 0 Å². The zero-order valence-corrected chi connectivity index (χ0v) is 13.6. The lowest BCUT2D eigenvalue weighted by molar-refractivity contribution is 0.108. The van der Waals surface area contributed by atoms with Crippen molar-refractivity contribution < 1.29 is 14.3 Å². The van der Waals surface area contributed by atoms with Gasteiger partial charge in [-0.3, -0.25) is 4.79 Å². The zero-order valence-electron chi connectivity index (χ0n) is 12.1. The fourth-order valence-corrected chi connectivity index (χ4v) is 2.43. The van der Waals surface area contributed by atoms with Gasteiger partial charge in [-0.2, -0.15) is 0 Å². The topological polar surface area (TPSA) is 43.4 Å². The third kappa shape index (κ3) is 3.67. The Kier molecular flexibility index (Phi) is 4.89. The van der Waals surface area contributed by atoms with Gasteiger partial charge in [0.05, 0.1) is 0 Å². The lowest BCUT2D eigenvalue weighted by atomic mass is 9.78. The van der Waals surface area contributed by atoms with Crippen LogP contribution in [0.2, 0.25) is 0 Å². The molecule has 114 valence electrons. The van der Waals surface area contributed by atoms with Crippen molar-refractivity contribution in [2.45, 2.75) is 19.3 Å². The summed E-state index contributed by atoms with van der Waals surface area (Å²) < 4.78 is 4.80. The maximum absolute atomic E-state index is 11.1. The minimum Gasteiger partial charge on any atom is -0.415 e. The second kappa shape index (κ2) is 6.51. The molecule has 0 aliphatic carbocycles. The van der Waals surface area contributed by atoms with E-state index in [0.29, 0.717) is 11.3 Å². The van der Waals surface area contributed by atoms with Crippen LogP contribution in [0.5, 0.6) is 5.75 Å². The fraction of sp³-hybridized carbons (Fsp3) is 0.176. The summed E-state index contributed by atoms with van der Waals surface area (Å²) in [5.41, 5.74) is 1.39. The first kappa shape index (κ1) is 16.5. The van der Waals surface area contributed by atoms with E-state index >= 15 is 0 Å². The van der Waals surface area contributed by atoms with Crippen molar-refractivity contribution >= 4 is 33.9 Å². The lowest BCUT2D eigenvalue weighted by Gasteiger charge is -2.26. The summed E-state index contributed by atoms with van der Waals surface area (Å²) >= 11 is 10.6. The highest BCUT2D eigenvalue weighted by molar-refractivity contribution is 6.67. The van der Waals surface area contributed by atoms with Gasteiger partial charge in [0.15, 0.2) is 0 Å². The van der Waals surface area contributed by atoms with E-state index in [-0.39, 0.29) is 5.41 Å². The zero-order chi connectivity index (χ0) is 16.3. The van der Waals surface area contributed by atoms with E-state index in [1.165, 1.54) is 0 Å². The summed E-state index contributed by atoms with van der Waals surface area (Å²) in [6.07, 6.45) is 0. The molecule has 0 aromatic heterocycles. The number of hydrogen-bond acceptors (Lipinski definition) is 3. The molecule has 0 heterocycles. The van der Waals surface area contributed by atoms with Crippen molar-refractivity contribution in [3.05, 3.63) is 65.2 Å². The van der Waals surface area contributed by atoms with Crippen LogP contribution in [0, 0.1) is 0 Å². The molecule has 22 heavy (non-hydrogen) atoms. The smallest absolute Gasteiger partial charge is 0.409 e. The van der Waals surface area contributed by atoms with E-state index in [0.717, 1.165) is 11.1 Å². The first-order valence-electron chi connectivity index (χ1n) is 6.59. The number of benzene rings is 2. The van der Waals surface area contributed by atoms with Gasteiger partial charge in [0, 0.05) is 22.6 Å². The molecule has 5 heteroatoms. The Morgan fingerprint density at radius 2 is 1.32 bits per heavy atom. The van der Waals surface area contributed by atoms with Gasteiger partial charge in [-0.25, -0.2) is 4.79 Å². The van der Waals surface area contributed by atoms with Crippen LogP contribution in [-0.2, 0) is 5.41 Å². The SMILES string of the molecule is CC(C)(c1ccc(OC(=O)Cl)cc1)c1ccc(C(=O)Cl)cc1. The summed E-state index contributed by atoms with van der Waals surface area (Å²) in [6.45, 7) is 4.13. The number of carbonyl (C=O) groups excluding carboxylic acids is 2.